The first-order valence-corrected chi connectivity index (χ1v) is 16.2. The number of carbonyl (C=O) groups is 3. The monoisotopic (exact) mass is 631 g/mol. The summed E-state index contributed by atoms with van der Waals surface area (Å²) in [5.74, 6) is -1.59. The Balaban J connectivity index is 1.84. The maximum Gasteiger partial charge on any atom is 0.247 e. The summed E-state index contributed by atoms with van der Waals surface area (Å²) in [4.78, 5) is 48.5. The van der Waals surface area contributed by atoms with E-state index in [0.717, 1.165) is 24.8 Å². The van der Waals surface area contributed by atoms with Crippen molar-refractivity contribution in [2.24, 2.45) is 11.8 Å². The number of fused-ring (bicyclic) bond motifs is 1. The van der Waals surface area contributed by atoms with Gasteiger partial charge in [0.05, 0.1) is 29.2 Å². The Morgan fingerprint density at radius 1 is 1.12 bits per heavy atom. The van der Waals surface area contributed by atoms with Crippen molar-refractivity contribution in [2.45, 2.75) is 66.4 Å². The lowest BCUT2D eigenvalue weighted by atomic mass is 9.70. The summed E-state index contributed by atoms with van der Waals surface area (Å²) < 4.78 is -0.771. The first-order chi connectivity index (χ1) is 19.3. The van der Waals surface area contributed by atoms with Crippen molar-refractivity contribution in [3.63, 3.8) is 0 Å². The standard InChI is InChI=1S/C31H42BrN3O4S/c1-5-9-18-34(17-8-4)30(39)27-31-19-22(32)26(40-31)24(28(37)33(15-6-2)16-7-3)25(31)29(38)35(27)23(20-36)21-13-11-10-12-14-21/h6,8,10-14,22-27,36H,2,4-5,7,9,15-20H2,1,3H3/t22?,23-,24+,25+,26+,27?,31?/m1/s1. The normalized spacial score (nSPS) is 29.2. The Hall–Kier alpha value is -2.10. The van der Waals surface area contributed by atoms with Crippen molar-refractivity contribution in [2.75, 3.05) is 32.8 Å². The van der Waals surface area contributed by atoms with Gasteiger partial charge in [0.15, 0.2) is 0 Å². The lowest BCUT2D eigenvalue weighted by Gasteiger charge is -2.40. The molecule has 3 saturated heterocycles. The number of carbonyl (C=O) groups excluding carboxylic acids is 3. The van der Waals surface area contributed by atoms with Gasteiger partial charge in [0.25, 0.3) is 0 Å². The summed E-state index contributed by atoms with van der Waals surface area (Å²) in [6.07, 6.45) is 6.62. The predicted octanol–water partition coefficient (Wildman–Crippen LogP) is 4.42. The van der Waals surface area contributed by atoms with E-state index in [-0.39, 0.29) is 34.4 Å². The Bertz CT molecular complexity index is 1100. The molecule has 3 aliphatic rings. The van der Waals surface area contributed by atoms with Gasteiger partial charge in [0.1, 0.15) is 6.04 Å². The minimum absolute atomic E-state index is 0.00856. The molecule has 4 rings (SSSR count). The van der Waals surface area contributed by atoms with E-state index in [4.69, 9.17) is 0 Å². The molecule has 2 bridgehead atoms. The van der Waals surface area contributed by atoms with Crippen LogP contribution in [0.25, 0.3) is 0 Å². The molecule has 1 N–H and O–H groups in total. The third-order valence-corrected chi connectivity index (χ3v) is 11.8. The number of aliphatic hydroxyl groups excluding tert-OH is 1. The van der Waals surface area contributed by atoms with Crippen LogP contribution in [0.3, 0.4) is 0 Å². The van der Waals surface area contributed by atoms with Gasteiger partial charge in [-0.25, -0.2) is 0 Å². The van der Waals surface area contributed by atoms with Crippen LogP contribution in [-0.4, -0.2) is 91.2 Å². The summed E-state index contributed by atoms with van der Waals surface area (Å²) in [7, 11) is 0. The van der Waals surface area contributed by atoms with Crippen LogP contribution in [0.1, 0.15) is 51.1 Å². The molecule has 0 radical (unpaired) electrons. The van der Waals surface area contributed by atoms with Crippen LogP contribution >= 0.6 is 27.7 Å². The van der Waals surface area contributed by atoms with E-state index in [1.807, 2.05) is 37.3 Å². The molecular formula is C31H42BrN3O4S. The van der Waals surface area contributed by atoms with Gasteiger partial charge in [-0.3, -0.25) is 14.4 Å². The highest BCUT2D eigenvalue weighted by atomic mass is 79.9. The second-order valence-electron chi connectivity index (χ2n) is 11.0. The number of amides is 3. The molecule has 218 valence electrons. The number of alkyl halides is 1. The van der Waals surface area contributed by atoms with Crippen LogP contribution in [0.2, 0.25) is 0 Å². The number of rotatable bonds is 14. The summed E-state index contributed by atoms with van der Waals surface area (Å²) in [5, 5.41) is 10.6. The van der Waals surface area contributed by atoms with E-state index in [2.05, 4.69) is 36.0 Å². The van der Waals surface area contributed by atoms with Gasteiger partial charge in [0.2, 0.25) is 17.7 Å². The zero-order valence-corrected chi connectivity index (χ0v) is 26.0. The smallest absolute Gasteiger partial charge is 0.247 e. The molecule has 3 amide bonds. The largest absolute Gasteiger partial charge is 0.394 e. The van der Waals surface area contributed by atoms with E-state index in [0.29, 0.717) is 32.6 Å². The maximum absolute atomic E-state index is 14.6. The van der Waals surface area contributed by atoms with Crippen LogP contribution in [0.4, 0.5) is 0 Å². The maximum atomic E-state index is 14.6. The van der Waals surface area contributed by atoms with Crippen molar-refractivity contribution in [1.29, 1.82) is 0 Å². The Morgan fingerprint density at radius 2 is 1.77 bits per heavy atom. The van der Waals surface area contributed by atoms with Crippen molar-refractivity contribution in [3.8, 4) is 0 Å². The second-order valence-corrected chi connectivity index (χ2v) is 13.7. The molecule has 1 spiro atoms. The van der Waals surface area contributed by atoms with Crippen molar-refractivity contribution in [1.82, 2.24) is 14.7 Å². The molecule has 0 saturated carbocycles. The van der Waals surface area contributed by atoms with Crippen molar-refractivity contribution < 1.29 is 19.5 Å². The van der Waals surface area contributed by atoms with E-state index in [1.165, 1.54) is 0 Å². The molecule has 0 aromatic heterocycles. The Kier molecular flexibility index (Phi) is 10.2. The van der Waals surface area contributed by atoms with Crippen LogP contribution in [0.15, 0.2) is 55.6 Å². The highest BCUT2D eigenvalue weighted by Gasteiger charge is 2.76. The third-order valence-electron chi connectivity index (χ3n) is 8.54. The molecule has 7 nitrogen and oxygen atoms in total. The van der Waals surface area contributed by atoms with E-state index >= 15 is 0 Å². The molecule has 40 heavy (non-hydrogen) atoms. The summed E-state index contributed by atoms with van der Waals surface area (Å²) in [6.45, 7) is 13.5. The number of halogens is 1. The molecule has 1 aromatic carbocycles. The minimum Gasteiger partial charge on any atom is -0.394 e. The van der Waals surface area contributed by atoms with Gasteiger partial charge < -0.3 is 19.8 Å². The number of unbranched alkanes of at least 4 members (excludes halogenated alkanes) is 1. The number of nitrogens with zero attached hydrogens (tertiary/aromatic N) is 3. The highest BCUT2D eigenvalue weighted by Crippen LogP contribution is 2.68. The Morgan fingerprint density at radius 3 is 2.35 bits per heavy atom. The Labute approximate surface area is 251 Å². The van der Waals surface area contributed by atoms with Gasteiger partial charge in [0, 0.05) is 36.3 Å². The summed E-state index contributed by atoms with van der Waals surface area (Å²) in [5.41, 5.74) is 0.772. The van der Waals surface area contributed by atoms with Crippen LogP contribution in [0.5, 0.6) is 0 Å². The lowest BCUT2D eigenvalue weighted by molar-refractivity contribution is -0.147. The molecule has 9 heteroatoms. The summed E-state index contributed by atoms with van der Waals surface area (Å²) >= 11 is 5.49. The SMILES string of the molecule is C=CCN(CCCC)C(=O)C1N([C@H](CO)c2ccccc2)C(=O)[C@@H]2[C@H](C(=O)N(CC=C)CCC)[C@H]3SC12CC3Br. The van der Waals surface area contributed by atoms with Crippen LogP contribution < -0.4 is 0 Å². The van der Waals surface area contributed by atoms with Crippen molar-refractivity contribution >= 4 is 45.4 Å². The number of benzene rings is 1. The first-order valence-electron chi connectivity index (χ1n) is 14.4. The quantitative estimate of drug-likeness (QED) is 0.243. The molecule has 3 aliphatic heterocycles. The average molecular weight is 633 g/mol. The second kappa shape index (κ2) is 13.3. The molecule has 0 aliphatic carbocycles. The number of hydrogen-bond acceptors (Lipinski definition) is 5. The van der Waals surface area contributed by atoms with E-state index in [1.54, 1.807) is 38.6 Å². The summed E-state index contributed by atoms with van der Waals surface area (Å²) in [6, 6.07) is 7.91. The molecular weight excluding hydrogens is 590 g/mol. The van der Waals surface area contributed by atoms with Gasteiger partial charge >= 0.3 is 0 Å². The fourth-order valence-electron chi connectivity index (χ4n) is 6.89. The molecule has 3 unspecified atom stereocenters. The molecule has 1 aromatic rings. The molecule has 3 heterocycles. The highest BCUT2D eigenvalue weighted by molar-refractivity contribution is 9.09. The average Bonchev–Trinajstić information content (AvgIpc) is 3.55. The zero-order valence-electron chi connectivity index (χ0n) is 23.6. The fourth-order valence-corrected chi connectivity index (χ4v) is 10.5. The number of aliphatic hydroxyl groups is 1. The van der Waals surface area contributed by atoms with Gasteiger partial charge in [-0.1, -0.05) is 78.7 Å². The molecule has 3 fully saturated rings. The van der Waals surface area contributed by atoms with E-state index in [9.17, 15) is 19.5 Å². The van der Waals surface area contributed by atoms with Gasteiger partial charge in [-0.05, 0) is 24.8 Å². The fraction of sp³-hybridized carbons (Fsp3) is 0.581. The topological polar surface area (TPSA) is 81.2 Å². The van der Waals surface area contributed by atoms with Crippen molar-refractivity contribution in [3.05, 3.63) is 61.2 Å². The minimum atomic E-state index is -0.800. The van der Waals surface area contributed by atoms with Crippen LogP contribution in [-0.2, 0) is 14.4 Å². The predicted molar refractivity (Wildman–Crippen MR) is 164 cm³/mol. The van der Waals surface area contributed by atoms with Gasteiger partial charge in [-0.15, -0.1) is 24.9 Å². The van der Waals surface area contributed by atoms with E-state index < -0.39 is 28.7 Å². The first kappa shape index (κ1) is 30.8. The third kappa shape index (κ3) is 5.29. The molecule has 7 atom stereocenters. The van der Waals surface area contributed by atoms with Crippen LogP contribution in [0, 0.1) is 11.8 Å². The number of likely N-dealkylation sites (tertiary alicyclic amines) is 1. The lowest BCUT2D eigenvalue weighted by Crippen LogP contribution is -2.56. The number of thioether (sulfide) groups is 1. The zero-order chi connectivity index (χ0) is 29.0. The van der Waals surface area contributed by atoms with Gasteiger partial charge in [-0.2, -0.15) is 0 Å². The number of hydrogen-bond donors (Lipinski definition) is 1.